The summed E-state index contributed by atoms with van der Waals surface area (Å²) in [5.74, 6) is 0.416. The SMILES string of the molecule is COc1ccc2cc(NC(=O)C[C@H]3NC(=O)c4ccccc43)cnc2c1. The number of rotatable bonds is 4. The Labute approximate surface area is 150 Å². The van der Waals surface area contributed by atoms with Crippen LogP contribution >= 0.6 is 0 Å². The highest BCUT2D eigenvalue weighted by atomic mass is 16.5. The summed E-state index contributed by atoms with van der Waals surface area (Å²) in [7, 11) is 1.61. The molecule has 0 unspecified atom stereocenters. The molecule has 0 bridgehead atoms. The van der Waals surface area contributed by atoms with E-state index in [1.165, 1.54) is 0 Å². The summed E-state index contributed by atoms with van der Waals surface area (Å²) in [4.78, 5) is 28.7. The highest BCUT2D eigenvalue weighted by Crippen LogP contribution is 2.28. The van der Waals surface area contributed by atoms with Crippen LogP contribution in [0.15, 0.2) is 54.7 Å². The highest BCUT2D eigenvalue weighted by molar-refractivity contribution is 6.00. The van der Waals surface area contributed by atoms with Gasteiger partial charge in [-0.3, -0.25) is 14.6 Å². The van der Waals surface area contributed by atoms with Crippen molar-refractivity contribution in [1.29, 1.82) is 0 Å². The van der Waals surface area contributed by atoms with Crippen molar-refractivity contribution in [2.24, 2.45) is 0 Å². The van der Waals surface area contributed by atoms with Crippen molar-refractivity contribution in [3.63, 3.8) is 0 Å². The second kappa shape index (κ2) is 6.48. The molecule has 4 rings (SSSR count). The van der Waals surface area contributed by atoms with Gasteiger partial charge >= 0.3 is 0 Å². The van der Waals surface area contributed by atoms with Crippen LogP contribution < -0.4 is 15.4 Å². The summed E-state index contributed by atoms with van der Waals surface area (Å²) in [5.41, 5.74) is 2.90. The molecular formula is C20H17N3O3. The van der Waals surface area contributed by atoms with Gasteiger partial charge in [-0.1, -0.05) is 18.2 Å². The molecule has 0 spiro atoms. The van der Waals surface area contributed by atoms with E-state index in [1.807, 2.05) is 42.5 Å². The summed E-state index contributed by atoms with van der Waals surface area (Å²) in [6.45, 7) is 0. The van der Waals surface area contributed by atoms with Crippen LogP contribution in [0.2, 0.25) is 0 Å². The number of benzene rings is 2. The van der Waals surface area contributed by atoms with E-state index in [0.717, 1.165) is 22.2 Å². The van der Waals surface area contributed by atoms with Crippen LogP contribution in [0, 0.1) is 0 Å². The van der Waals surface area contributed by atoms with Crippen molar-refractivity contribution < 1.29 is 14.3 Å². The number of methoxy groups -OCH3 is 1. The number of anilines is 1. The zero-order chi connectivity index (χ0) is 18.1. The molecule has 2 aromatic carbocycles. The third-order valence-corrected chi connectivity index (χ3v) is 4.45. The maximum absolute atomic E-state index is 12.4. The van der Waals surface area contributed by atoms with Crippen molar-refractivity contribution >= 4 is 28.4 Å². The van der Waals surface area contributed by atoms with Gasteiger partial charge in [0, 0.05) is 17.0 Å². The predicted molar refractivity (Wildman–Crippen MR) is 98.2 cm³/mol. The number of hydrogen-bond acceptors (Lipinski definition) is 4. The van der Waals surface area contributed by atoms with Crippen LogP contribution in [-0.2, 0) is 4.79 Å². The molecular weight excluding hydrogens is 330 g/mol. The number of carbonyl (C=O) groups excluding carboxylic acids is 2. The first kappa shape index (κ1) is 16.1. The lowest BCUT2D eigenvalue weighted by Crippen LogP contribution is -2.24. The fourth-order valence-electron chi connectivity index (χ4n) is 3.18. The Morgan fingerprint density at radius 2 is 2.08 bits per heavy atom. The molecule has 0 saturated heterocycles. The van der Waals surface area contributed by atoms with Crippen molar-refractivity contribution in [2.75, 3.05) is 12.4 Å². The molecule has 1 aliphatic heterocycles. The van der Waals surface area contributed by atoms with Crippen molar-refractivity contribution in [3.8, 4) is 5.75 Å². The molecule has 2 N–H and O–H groups in total. The normalized spacial score (nSPS) is 15.4. The minimum Gasteiger partial charge on any atom is -0.497 e. The quantitative estimate of drug-likeness (QED) is 0.760. The third kappa shape index (κ3) is 2.97. The molecule has 0 fully saturated rings. The van der Waals surface area contributed by atoms with Crippen LogP contribution in [0.1, 0.15) is 28.4 Å². The van der Waals surface area contributed by atoms with E-state index in [1.54, 1.807) is 19.4 Å². The Hall–Kier alpha value is -3.41. The molecule has 0 saturated carbocycles. The van der Waals surface area contributed by atoms with Gasteiger partial charge in [0.25, 0.3) is 5.91 Å². The maximum Gasteiger partial charge on any atom is 0.252 e. The lowest BCUT2D eigenvalue weighted by atomic mass is 10.0. The molecule has 1 aromatic heterocycles. The van der Waals surface area contributed by atoms with E-state index < -0.39 is 0 Å². The molecule has 2 heterocycles. The number of pyridine rings is 1. The molecule has 0 radical (unpaired) electrons. The van der Waals surface area contributed by atoms with Gasteiger partial charge in [0.05, 0.1) is 37.0 Å². The molecule has 130 valence electrons. The molecule has 26 heavy (non-hydrogen) atoms. The maximum atomic E-state index is 12.4. The second-order valence-corrected chi connectivity index (χ2v) is 6.15. The number of aromatic nitrogens is 1. The Balaban J connectivity index is 1.49. The van der Waals surface area contributed by atoms with Crippen LogP contribution in [0.5, 0.6) is 5.75 Å². The van der Waals surface area contributed by atoms with Gasteiger partial charge in [-0.25, -0.2) is 0 Å². The van der Waals surface area contributed by atoms with Gasteiger partial charge in [0.2, 0.25) is 5.91 Å². The number of hydrogen-bond donors (Lipinski definition) is 2. The smallest absolute Gasteiger partial charge is 0.252 e. The Morgan fingerprint density at radius 3 is 2.92 bits per heavy atom. The molecule has 6 heteroatoms. The first-order valence-electron chi connectivity index (χ1n) is 8.27. The minimum absolute atomic E-state index is 0.139. The number of amides is 2. The predicted octanol–water partition coefficient (Wildman–Crippen LogP) is 3.06. The van der Waals surface area contributed by atoms with Crippen LogP contribution in [0.25, 0.3) is 10.9 Å². The fourth-order valence-corrected chi connectivity index (χ4v) is 3.18. The van der Waals surface area contributed by atoms with Crippen molar-refractivity contribution in [3.05, 3.63) is 65.9 Å². The molecule has 1 aliphatic rings. The topological polar surface area (TPSA) is 80.3 Å². The third-order valence-electron chi connectivity index (χ3n) is 4.45. The average molecular weight is 347 g/mol. The Kier molecular flexibility index (Phi) is 4.01. The summed E-state index contributed by atoms with van der Waals surface area (Å²) in [6, 6.07) is 14.5. The van der Waals surface area contributed by atoms with Gasteiger partial charge in [-0.2, -0.15) is 0 Å². The first-order valence-corrected chi connectivity index (χ1v) is 8.27. The van der Waals surface area contributed by atoms with E-state index in [0.29, 0.717) is 11.3 Å². The summed E-state index contributed by atoms with van der Waals surface area (Å²) < 4.78 is 5.18. The van der Waals surface area contributed by atoms with E-state index in [4.69, 9.17) is 4.74 Å². The van der Waals surface area contributed by atoms with Gasteiger partial charge in [0.1, 0.15) is 5.75 Å². The van der Waals surface area contributed by atoms with E-state index in [9.17, 15) is 9.59 Å². The van der Waals surface area contributed by atoms with Crippen LogP contribution in [-0.4, -0.2) is 23.9 Å². The lowest BCUT2D eigenvalue weighted by molar-refractivity contribution is -0.116. The number of ether oxygens (including phenoxy) is 1. The number of nitrogens with one attached hydrogen (secondary N) is 2. The van der Waals surface area contributed by atoms with Gasteiger partial charge in [0.15, 0.2) is 0 Å². The zero-order valence-electron chi connectivity index (χ0n) is 14.2. The van der Waals surface area contributed by atoms with Gasteiger partial charge < -0.3 is 15.4 Å². The zero-order valence-corrected chi connectivity index (χ0v) is 14.2. The van der Waals surface area contributed by atoms with Gasteiger partial charge in [-0.05, 0) is 29.8 Å². The van der Waals surface area contributed by atoms with Crippen LogP contribution in [0.4, 0.5) is 5.69 Å². The highest BCUT2D eigenvalue weighted by Gasteiger charge is 2.29. The fraction of sp³-hybridized carbons (Fsp3) is 0.150. The number of fused-ring (bicyclic) bond motifs is 2. The molecule has 2 amide bonds. The average Bonchev–Trinajstić information content (AvgIpc) is 2.97. The Morgan fingerprint density at radius 1 is 1.23 bits per heavy atom. The van der Waals surface area contributed by atoms with Gasteiger partial charge in [-0.15, -0.1) is 0 Å². The monoisotopic (exact) mass is 347 g/mol. The Bertz CT molecular complexity index is 1020. The second-order valence-electron chi connectivity index (χ2n) is 6.15. The van der Waals surface area contributed by atoms with E-state index in [-0.39, 0.29) is 24.3 Å². The summed E-state index contributed by atoms with van der Waals surface area (Å²) in [5, 5.41) is 6.61. The summed E-state index contributed by atoms with van der Waals surface area (Å²) in [6.07, 6.45) is 1.78. The molecule has 1 atom stereocenters. The van der Waals surface area contributed by atoms with E-state index in [2.05, 4.69) is 15.6 Å². The van der Waals surface area contributed by atoms with Crippen LogP contribution in [0.3, 0.4) is 0 Å². The summed E-state index contributed by atoms with van der Waals surface area (Å²) >= 11 is 0. The standard InChI is InChI=1S/C20H17N3O3/c1-26-14-7-6-12-8-13(11-21-17(12)9-14)22-19(24)10-18-15-4-2-3-5-16(15)20(25)23-18/h2-9,11,18H,10H2,1H3,(H,22,24)(H,23,25)/t18-/m1/s1. The molecule has 3 aromatic rings. The van der Waals surface area contributed by atoms with Crippen molar-refractivity contribution in [2.45, 2.75) is 12.5 Å². The molecule has 0 aliphatic carbocycles. The number of carbonyl (C=O) groups is 2. The lowest BCUT2D eigenvalue weighted by Gasteiger charge is -2.12. The molecule has 6 nitrogen and oxygen atoms in total. The van der Waals surface area contributed by atoms with Crippen molar-refractivity contribution in [1.82, 2.24) is 10.3 Å². The minimum atomic E-state index is -0.309. The first-order chi connectivity index (χ1) is 12.6. The van der Waals surface area contributed by atoms with E-state index >= 15 is 0 Å². The largest absolute Gasteiger partial charge is 0.497 e. The number of nitrogens with zero attached hydrogens (tertiary/aromatic N) is 1.